The number of carbonyl (C=O) groups excluding carboxylic acids is 2. The van der Waals surface area contributed by atoms with E-state index in [9.17, 15) is 14.0 Å². The van der Waals surface area contributed by atoms with Gasteiger partial charge in [-0.15, -0.1) is 0 Å². The fourth-order valence-corrected chi connectivity index (χ4v) is 2.10. The molecular weight excluding hydrogens is 275 g/mol. The number of Topliss-reactive ketones (excluding diaryl/α,β-unsaturated/α-hetero) is 1. The highest BCUT2D eigenvalue weighted by Gasteiger charge is 2.31. The number of aromatic nitrogens is 1. The minimum absolute atomic E-state index is 0.122. The van der Waals surface area contributed by atoms with Gasteiger partial charge in [0.05, 0.1) is 23.9 Å². The average Bonchev–Trinajstić information content (AvgIpc) is 2.49. The van der Waals surface area contributed by atoms with Crippen LogP contribution in [0, 0.1) is 5.82 Å². The topological polar surface area (TPSA) is 68.3 Å². The summed E-state index contributed by atoms with van der Waals surface area (Å²) in [6.45, 7) is 0. The molecule has 0 unspecified atom stereocenters. The normalized spacial score (nSPS) is 16.8. The van der Waals surface area contributed by atoms with Crippen LogP contribution in [0.1, 0.15) is 16.8 Å². The van der Waals surface area contributed by atoms with Gasteiger partial charge in [-0.25, -0.2) is 4.39 Å². The Labute approximate surface area is 119 Å². The van der Waals surface area contributed by atoms with Gasteiger partial charge in [-0.05, 0) is 30.3 Å². The van der Waals surface area contributed by atoms with E-state index in [0.717, 1.165) is 6.07 Å². The first kappa shape index (κ1) is 13.2. The van der Waals surface area contributed by atoms with Crippen molar-refractivity contribution >= 4 is 17.4 Å². The van der Waals surface area contributed by atoms with E-state index in [2.05, 4.69) is 10.3 Å². The molecule has 0 bridgehead atoms. The molecule has 2 heterocycles. The number of fused-ring (bicyclic) bond motifs is 1. The number of carbonyl (C=O) groups is 2. The zero-order valence-corrected chi connectivity index (χ0v) is 10.9. The van der Waals surface area contributed by atoms with E-state index in [1.165, 1.54) is 18.3 Å². The van der Waals surface area contributed by atoms with Crippen LogP contribution < -0.4 is 10.1 Å². The molecule has 21 heavy (non-hydrogen) atoms. The lowest BCUT2D eigenvalue weighted by Crippen LogP contribution is -2.38. The quantitative estimate of drug-likeness (QED) is 0.919. The smallest absolute Gasteiger partial charge is 0.265 e. The second-order valence-corrected chi connectivity index (χ2v) is 4.61. The van der Waals surface area contributed by atoms with Crippen LogP contribution in [0.4, 0.5) is 10.1 Å². The van der Waals surface area contributed by atoms with Crippen LogP contribution in [0.15, 0.2) is 42.7 Å². The fraction of sp³-hybridized carbons (Fsp3) is 0.133. The molecule has 2 aromatic rings. The van der Waals surface area contributed by atoms with Crippen LogP contribution in [0.2, 0.25) is 0 Å². The number of pyridine rings is 1. The maximum atomic E-state index is 13.1. The second-order valence-electron chi connectivity index (χ2n) is 4.61. The molecule has 1 aromatic carbocycles. The van der Waals surface area contributed by atoms with Gasteiger partial charge >= 0.3 is 0 Å². The molecule has 5 nitrogen and oxygen atoms in total. The lowest BCUT2D eigenvalue weighted by atomic mass is 10.00. The minimum Gasteiger partial charge on any atom is -0.479 e. The number of nitrogens with zero attached hydrogens (tertiary/aromatic N) is 1. The summed E-state index contributed by atoms with van der Waals surface area (Å²) < 4.78 is 18.6. The molecule has 1 atom stereocenters. The molecule has 106 valence electrons. The van der Waals surface area contributed by atoms with E-state index >= 15 is 0 Å². The van der Waals surface area contributed by atoms with E-state index in [4.69, 9.17) is 4.74 Å². The van der Waals surface area contributed by atoms with Crippen molar-refractivity contribution in [2.45, 2.75) is 12.5 Å². The van der Waals surface area contributed by atoms with E-state index in [1.807, 2.05) is 0 Å². The highest BCUT2D eigenvalue weighted by Crippen LogP contribution is 2.28. The molecule has 6 heteroatoms. The SMILES string of the molecule is O=C1C[C@@H](C(=O)Nc2cccnc2)Oc2ccc(F)cc21. The number of halogens is 1. The molecule has 0 saturated heterocycles. The first-order chi connectivity index (χ1) is 10.1. The summed E-state index contributed by atoms with van der Waals surface area (Å²) >= 11 is 0. The summed E-state index contributed by atoms with van der Waals surface area (Å²) in [4.78, 5) is 27.9. The van der Waals surface area contributed by atoms with Gasteiger partial charge in [-0.3, -0.25) is 14.6 Å². The van der Waals surface area contributed by atoms with E-state index in [1.54, 1.807) is 18.3 Å². The average molecular weight is 286 g/mol. The summed E-state index contributed by atoms with van der Waals surface area (Å²) in [5, 5.41) is 2.62. The van der Waals surface area contributed by atoms with Gasteiger partial charge in [0.15, 0.2) is 11.9 Å². The molecule has 1 N–H and O–H groups in total. The Hall–Kier alpha value is -2.76. The number of benzene rings is 1. The highest BCUT2D eigenvalue weighted by atomic mass is 19.1. The number of hydrogen-bond acceptors (Lipinski definition) is 4. The number of ether oxygens (including phenoxy) is 1. The minimum atomic E-state index is -0.935. The Kier molecular flexibility index (Phi) is 3.35. The number of rotatable bonds is 2. The number of anilines is 1. The summed E-state index contributed by atoms with van der Waals surface area (Å²) in [7, 11) is 0. The Bertz CT molecular complexity index is 703. The van der Waals surface area contributed by atoms with Gasteiger partial charge in [0.25, 0.3) is 5.91 Å². The number of amides is 1. The molecule has 0 fully saturated rings. The van der Waals surface area contributed by atoms with Crippen LogP contribution in [0.25, 0.3) is 0 Å². The Balaban J connectivity index is 1.78. The van der Waals surface area contributed by atoms with E-state index < -0.39 is 17.8 Å². The van der Waals surface area contributed by atoms with Crippen molar-refractivity contribution in [1.82, 2.24) is 4.98 Å². The molecule has 0 spiro atoms. The second kappa shape index (κ2) is 5.32. The standard InChI is InChI=1S/C15H11FN2O3/c16-9-3-4-13-11(6-9)12(19)7-14(21-13)15(20)18-10-2-1-5-17-8-10/h1-6,8,14H,7H2,(H,18,20)/t14-/m0/s1. The zero-order chi connectivity index (χ0) is 14.8. The molecule has 0 saturated carbocycles. The molecule has 1 aliphatic heterocycles. The Morgan fingerprint density at radius 2 is 2.24 bits per heavy atom. The van der Waals surface area contributed by atoms with Crippen molar-refractivity contribution in [1.29, 1.82) is 0 Å². The molecule has 1 aromatic heterocycles. The first-order valence-corrected chi connectivity index (χ1v) is 6.34. The van der Waals surface area contributed by atoms with Crippen molar-refractivity contribution in [3.63, 3.8) is 0 Å². The van der Waals surface area contributed by atoms with Crippen molar-refractivity contribution < 1.29 is 18.7 Å². The zero-order valence-electron chi connectivity index (χ0n) is 10.9. The fourth-order valence-electron chi connectivity index (χ4n) is 2.10. The summed E-state index contributed by atoms with van der Waals surface area (Å²) in [5.74, 6) is -1.05. The van der Waals surface area contributed by atoms with Gasteiger partial charge in [-0.2, -0.15) is 0 Å². The lowest BCUT2D eigenvalue weighted by molar-refractivity contribution is -0.122. The van der Waals surface area contributed by atoms with Crippen molar-refractivity contribution in [3.05, 3.63) is 54.1 Å². The molecule has 1 aliphatic rings. The Morgan fingerprint density at radius 1 is 1.38 bits per heavy atom. The molecule has 0 aliphatic carbocycles. The van der Waals surface area contributed by atoms with Gasteiger partial charge in [-0.1, -0.05) is 0 Å². The monoisotopic (exact) mass is 286 g/mol. The maximum Gasteiger partial charge on any atom is 0.265 e. The lowest BCUT2D eigenvalue weighted by Gasteiger charge is -2.24. The predicted octanol–water partition coefficient (Wildman–Crippen LogP) is 2.19. The summed E-state index contributed by atoms with van der Waals surface area (Å²) in [6, 6.07) is 7.02. The summed E-state index contributed by atoms with van der Waals surface area (Å²) in [6.07, 6.45) is 2.02. The van der Waals surface area contributed by atoms with Crippen LogP contribution >= 0.6 is 0 Å². The molecule has 3 rings (SSSR count). The third-order valence-corrected chi connectivity index (χ3v) is 3.10. The van der Waals surface area contributed by atoms with Crippen LogP contribution in [-0.4, -0.2) is 22.8 Å². The van der Waals surface area contributed by atoms with E-state index in [-0.39, 0.29) is 23.5 Å². The predicted molar refractivity (Wildman–Crippen MR) is 72.6 cm³/mol. The van der Waals surface area contributed by atoms with Crippen molar-refractivity contribution in [3.8, 4) is 5.75 Å². The van der Waals surface area contributed by atoms with Gasteiger partial charge in [0, 0.05) is 6.20 Å². The molecule has 0 radical (unpaired) electrons. The van der Waals surface area contributed by atoms with Crippen molar-refractivity contribution in [2.24, 2.45) is 0 Å². The van der Waals surface area contributed by atoms with Crippen LogP contribution in [-0.2, 0) is 4.79 Å². The van der Waals surface area contributed by atoms with Gasteiger partial charge < -0.3 is 10.1 Å². The van der Waals surface area contributed by atoms with Crippen molar-refractivity contribution in [2.75, 3.05) is 5.32 Å². The summed E-state index contributed by atoms with van der Waals surface area (Å²) in [5.41, 5.74) is 0.684. The third-order valence-electron chi connectivity index (χ3n) is 3.10. The molecular formula is C15H11FN2O3. The number of nitrogens with one attached hydrogen (secondary N) is 1. The van der Waals surface area contributed by atoms with Crippen LogP contribution in [0.5, 0.6) is 5.75 Å². The molecule has 1 amide bonds. The maximum absolute atomic E-state index is 13.1. The first-order valence-electron chi connectivity index (χ1n) is 6.34. The number of ketones is 1. The van der Waals surface area contributed by atoms with Gasteiger partial charge in [0.1, 0.15) is 11.6 Å². The Morgan fingerprint density at radius 3 is 3.00 bits per heavy atom. The largest absolute Gasteiger partial charge is 0.479 e. The van der Waals surface area contributed by atoms with E-state index in [0.29, 0.717) is 5.69 Å². The number of hydrogen-bond donors (Lipinski definition) is 1. The third kappa shape index (κ3) is 2.74. The van der Waals surface area contributed by atoms with Gasteiger partial charge in [0.2, 0.25) is 0 Å². The highest BCUT2D eigenvalue weighted by molar-refractivity contribution is 6.05. The van der Waals surface area contributed by atoms with Crippen LogP contribution in [0.3, 0.4) is 0 Å².